The number of hydrogen-bond acceptors (Lipinski definition) is 5. The zero-order chi connectivity index (χ0) is 23.0. The summed E-state index contributed by atoms with van der Waals surface area (Å²) in [6, 6.07) is 11.8. The minimum atomic E-state index is -0.723. The summed E-state index contributed by atoms with van der Waals surface area (Å²) in [7, 11) is 0. The molecule has 4 rings (SSSR count). The maximum Gasteiger partial charge on any atom is 0.288 e. The first kappa shape index (κ1) is 21.8. The molecule has 32 heavy (non-hydrogen) atoms. The van der Waals surface area contributed by atoms with Gasteiger partial charge in [0, 0.05) is 46.6 Å². The lowest BCUT2D eigenvalue weighted by Crippen LogP contribution is -2.35. The molecular formula is C24H22ClN3O4. The van der Waals surface area contributed by atoms with Crippen LogP contribution in [0.5, 0.6) is 0 Å². The Kier molecular flexibility index (Phi) is 5.84. The quantitative estimate of drug-likeness (QED) is 0.493. The van der Waals surface area contributed by atoms with Gasteiger partial charge in [0.15, 0.2) is 5.78 Å². The summed E-state index contributed by atoms with van der Waals surface area (Å²) in [5, 5.41) is 17.7. The zero-order valence-corrected chi connectivity index (χ0v) is 18.5. The number of para-hydroxylation sites is 1. The molecule has 2 aromatic rings. The third kappa shape index (κ3) is 3.91. The molecule has 164 valence electrons. The number of nitrogens with zero attached hydrogens (tertiary/aromatic N) is 1. The maximum absolute atomic E-state index is 13.5. The van der Waals surface area contributed by atoms with E-state index in [-0.39, 0.29) is 22.4 Å². The fourth-order valence-electron chi connectivity index (χ4n) is 4.37. The van der Waals surface area contributed by atoms with Gasteiger partial charge in [0.25, 0.3) is 11.6 Å². The predicted octanol–water partition coefficient (Wildman–Crippen LogP) is 5.16. The number of rotatable bonds is 4. The lowest BCUT2D eigenvalue weighted by Gasteiger charge is -2.34. The number of nitro benzene ring substituents is 1. The molecule has 2 aliphatic rings. The van der Waals surface area contributed by atoms with Crippen LogP contribution in [0.15, 0.2) is 65.0 Å². The molecule has 0 fully saturated rings. The van der Waals surface area contributed by atoms with E-state index in [0.717, 1.165) is 17.7 Å². The van der Waals surface area contributed by atoms with Crippen molar-refractivity contribution in [2.45, 2.75) is 39.0 Å². The third-order valence-corrected chi connectivity index (χ3v) is 6.23. The second-order valence-electron chi connectivity index (χ2n) is 8.00. The van der Waals surface area contributed by atoms with Gasteiger partial charge < -0.3 is 10.6 Å². The van der Waals surface area contributed by atoms with E-state index in [9.17, 15) is 19.7 Å². The lowest BCUT2D eigenvalue weighted by atomic mass is 9.75. The van der Waals surface area contributed by atoms with Crippen molar-refractivity contribution in [3.05, 3.63) is 91.3 Å². The minimum Gasteiger partial charge on any atom is -0.362 e. The summed E-state index contributed by atoms with van der Waals surface area (Å²) >= 11 is 6.02. The number of nitro groups is 1. The molecule has 7 nitrogen and oxygen atoms in total. The number of halogens is 1. The highest BCUT2D eigenvalue weighted by Gasteiger charge is 2.39. The van der Waals surface area contributed by atoms with Gasteiger partial charge in [-0.2, -0.15) is 0 Å². The van der Waals surface area contributed by atoms with Gasteiger partial charge in [0.1, 0.15) is 5.02 Å². The summed E-state index contributed by atoms with van der Waals surface area (Å²) in [5.74, 6) is -1.15. The number of benzene rings is 2. The van der Waals surface area contributed by atoms with E-state index in [1.807, 2.05) is 25.1 Å². The molecule has 0 bridgehead atoms. The molecule has 1 aliphatic carbocycles. The smallest absolute Gasteiger partial charge is 0.288 e. The Labute approximate surface area is 190 Å². The normalized spacial score (nSPS) is 18.2. The molecule has 0 saturated heterocycles. The third-order valence-electron chi connectivity index (χ3n) is 5.91. The molecular weight excluding hydrogens is 430 g/mol. The second kappa shape index (κ2) is 8.59. The average Bonchev–Trinajstić information content (AvgIpc) is 2.74. The molecule has 1 amide bonds. The number of allylic oxidation sites excluding steroid dienone is 3. The summed E-state index contributed by atoms with van der Waals surface area (Å²) in [5.41, 5.74) is 4.03. The van der Waals surface area contributed by atoms with Crippen molar-refractivity contribution in [3.63, 3.8) is 0 Å². The second-order valence-corrected chi connectivity index (χ2v) is 8.41. The standard InChI is InChI=1S/C24H22ClN3O4/c1-13-6-3-4-7-17(13)27-24(30)21-14(2)26-18-8-5-9-20(29)23(18)22(21)15-10-11-16(25)19(12-15)28(31)32/h3-4,6-7,10-12,22,26H,5,8-9H2,1-2H3,(H,27,30). The zero-order valence-electron chi connectivity index (χ0n) is 17.7. The first-order chi connectivity index (χ1) is 15.3. The Morgan fingerprint density at radius 3 is 2.66 bits per heavy atom. The molecule has 1 atom stereocenters. The van der Waals surface area contributed by atoms with Crippen molar-refractivity contribution in [2.24, 2.45) is 0 Å². The van der Waals surface area contributed by atoms with Gasteiger partial charge in [-0.25, -0.2) is 0 Å². The number of anilines is 1. The molecule has 1 aliphatic heterocycles. The minimum absolute atomic E-state index is 0.00321. The number of aryl methyl sites for hydroxylation is 1. The van der Waals surface area contributed by atoms with Gasteiger partial charge in [0.2, 0.25) is 0 Å². The number of nitrogens with one attached hydrogen (secondary N) is 2. The number of dihydropyridines is 1. The maximum atomic E-state index is 13.5. The molecule has 2 aromatic carbocycles. The summed E-state index contributed by atoms with van der Waals surface area (Å²) in [6.07, 6.45) is 1.77. The van der Waals surface area contributed by atoms with E-state index < -0.39 is 10.8 Å². The molecule has 1 heterocycles. The van der Waals surface area contributed by atoms with Crippen molar-refractivity contribution < 1.29 is 14.5 Å². The van der Waals surface area contributed by atoms with Crippen molar-refractivity contribution in [1.82, 2.24) is 5.32 Å². The van der Waals surface area contributed by atoms with Gasteiger partial charge in [-0.05, 0) is 49.9 Å². The SMILES string of the molecule is CC1=C(C(=O)Nc2ccccc2C)C(c2ccc(Cl)c([N+](=O)[O-])c2)C2=C(CCCC2=O)N1. The van der Waals surface area contributed by atoms with Crippen molar-refractivity contribution in [2.75, 3.05) is 5.32 Å². The van der Waals surface area contributed by atoms with Crippen LogP contribution in [0.4, 0.5) is 11.4 Å². The van der Waals surface area contributed by atoms with Crippen LogP contribution in [0.1, 0.15) is 43.2 Å². The fraction of sp³-hybridized carbons (Fsp3) is 0.250. The summed E-state index contributed by atoms with van der Waals surface area (Å²) in [6.45, 7) is 3.67. The van der Waals surface area contributed by atoms with E-state index in [2.05, 4.69) is 10.6 Å². The number of carbonyl (C=O) groups is 2. The van der Waals surface area contributed by atoms with E-state index in [1.54, 1.807) is 19.1 Å². The fourth-order valence-corrected chi connectivity index (χ4v) is 4.56. The van der Waals surface area contributed by atoms with Crippen LogP contribution >= 0.6 is 11.6 Å². The van der Waals surface area contributed by atoms with Crippen LogP contribution < -0.4 is 10.6 Å². The van der Waals surface area contributed by atoms with Gasteiger partial charge in [-0.1, -0.05) is 35.9 Å². The van der Waals surface area contributed by atoms with E-state index in [0.29, 0.717) is 40.9 Å². The van der Waals surface area contributed by atoms with Crippen molar-refractivity contribution in [3.8, 4) is 0 Å². The number of amides is 1. The first-order valence-electron chi connectivity index (χ1n) is 10.3. The molecule has 0 radical (unpaired) electrons. The number of ketones is 1. The van der Waals surface area contributed by atoms with Crippen molar-refractivity contribution >= 4 is 34.7 Å². The number of Topliss-reactive ketones (excluding diaryl/α,β-unsaturated/α-hetero) is 1. The Hall–Kier alpha value is -3.45. The van der Waals surface area contributed by atoms with E-state index in [4.69, 9.17) is 11.6 Å². The van der Waals surface area contributed by atoms with Gasteiger partial charge >= 0.3 is 0 Å². The highest BCUT2D eigenvalue weighted by molar-refractivity contribution is 6.32. The molecule has 0 aromatic heterocycles. The Balaban J connectivity index is 1.85. The van der Waals surface area contributed by atoms with Crippen LogP contribution in [0.3, 0.4) is 0 Å². The Morgan fingerprint density at radius 1 is 1.19 bits per heavy atom. The molecule has 0 spiro atoms. The highest BCUT2D eigenvalue weighted by Crippen LogP contribution is 2.44. The number of hydrogen-bond donors (Lipinski definition) is 2. The first-order valence-corrected chi connectivity index (χ1v) is 10.7. The largest absolute Gasteiger partial charge is 0.362 e. The monoisotopic (exact) mass is 451 g/mol. The van der Waals surface area contributed by atoms with Gasteiger partial charge in [-0.3, -0.25) is 19.7 Å². The van der Waals surface area contributed by atoms with Crippen LogP contribution in [0, 0.1) is 17.0 Å². The molecule has 2 N–H and O–H groups in total. The Morgan fingerprint density at radius 2 is 1.94 bits per heavy atom. The predicted molar refractivity (Wildman–Crippen MR) is 122 cm³/mol. The van der Waals surface area contributed by atoms with Crippen LogP contribution in [-0.2, 0) is 9.59 Å². The molecule has 8 heteroatoms. The summed E-state index contributed by atoms with van der Waals surface area (Å²) in [4.78, 5) is 37.4. The highest BCUT2D eigenvalue weighted by atomic mass is 35.5. The average molecular weight is 452 g/mol. The summed E-state index contributed by atoms with van der Waals surface area (Å²) < 4.78 is 0. The topological polar surface area (TPSA) is 101 Å². The van der Waals surface area contributed by atoms with E-state index in [1.165, 1.54) is 12.1 Å². The molecule has 0 saturated carbocycles. The molecule has 1 unspecified atom stereocenters. The van der Waals surface area contributed by atoms with Crippen LogP contribution in [0.2, 0.25) is 5.02 Å². The van der Waals surface area contributed by atoms with Crippen LogP contribution in [-0.4, -0.2) is 16.6 Å². The van der Waals surface area contributed by atoms with Crippen LogP contribution in [0.25, 0.3) is 0 Å². The van der Waals surface area contributed by atoms with Crippen molar-refractivity contribution in [1.29, 1.82) is 0 Å². The van der Waals surface area contributed by atoms with Gasteiger partial charge in [0.05, 0.1) is 4.92 Å². The van der Waals surface area contributed by atoms with E-state index >= 15 is 0 Å². The Bertz CT molecular complexity index is 1220. The van der Waals surface area contributed by atoms with Gasteiger partial charge in [-0.15, -0.1) is 0 Å². The lowest BCUT2D eigenvalue weighted by molar-refractivity contribution is -0.384. The number of carbonyl (C=O) groups excluding carboxylic acids is 2.